The maximum absolute atomic E-state index is 10.9. The predicted molar refractivity (Wildman–Crippen MR) is 82.8 cm³/mol. The summed E-state index contributed by atoms with van der Waals surface area (Å²) in [7, 11) is 0. The number of likely N-dealkylation sites (tertiary alicyclic amines) is 1. The molecule has 1 fully saturated rings. The molecule has 1 N–H and O–H groups in total. The average molecular weight is 319 g/mol. The van der Waals surface area contributed by atoms with Crippen molar-refractivity contribution in [1.29, 1.82) is 0 Å². The number of carboxylic acid groups (broad SMARTS) is 1. The molecular weight excluding hydrogens is 302 g/mol. The number of hydrogen-bond acceptors (Lipinski definition) is 5. The highest BCUT2D eigenvalue weighted by Crippen LogP contribution is 2.23. The van der Waals surface area contributed by atoms with Crippen LogP contribution in [0.3, 0.4) is 0 Å². The molecule has 0 aliphatic carbocycles. The second-order valence-electron chi connectivity index (χ2n) is 5.14. The van der Waals surface area contributed by atoms with Crippen molar-refractivity contribution in [2.45, 2.75) is 25.6 Å². The molecule has 1 aliphatic rings. The minimum atomic E-state index is -0.847. The second-order valence-corrected chi connectivity index (χ2v) is 6.09. The lowest BCUT2D eigenvalue weighted by atomic mass is 10.1. The molecule has 2 aromatic heterocycles. The monoisotopic (exact) mass is 319 g/mol. The molecule has 1 amide bonds. The molecule has 0 bridgehead atoms. The smallest absolute Gasteiger partial charge is 0.407 e. The van der Waals surface area contributed by atoms with E-state index in [1.54, 1.807) is 23.7 Å². The zero-order chi connectivity index (χ0) is 15.4. The summed E-state index contributed by atoms with van der Waals surface area (Å²) in [6.45, 7) is 1.56. The molecule has 0 unspecified atom stereocenters. The van der Waals surface area contributed by atoms with Gasteiger partial charge < -0.3 is 14.7 Å². The third kappa shape index (κ3) is 3.61. The van der Waals surface area contributed by atoms with Crippen LogP contribution in [0.2, 0.25) is 0 Å². The lowest BCUT2D eigenvalue weighted by molar-refractivity contribution is 0.000332. The van der Waals surface area contributed by atoms with E-state index in [4.69, 9.17) is 9.84 Å². The maximum atomic E-state index is 10.9. The molecule has 6 nitrogen and oxygen atoms in total. The fourth-order valence-corrected chi connectivity index (χ4v) is 3.16. The normalized spacial score (nSPS) is 15.9. The zero-order valence-electron chi connectivity index (χ0n) is 12.0. The molecule has 3 rings (SSSR count). The Hall–Kier alpha value is -1.99. The molecule has 0 spiro atoms. The van der Waals surface area contributed by atoms with Crippen LogP contribution in [-0.2, 0) is 11.3 Å². The first kappa shape index (κ1) is 14.9. The highest BCUT2D eigenvalue weighted by atomic mass is 32.1. The summed E-state index contributed by atoms with van der Waals surface area (Å²) in [5.41, 5.74) is 1.99. The van der Waals surface area contributed by atoms with E-state index in [9.17, 15) is 4.79 Å². The third-order valence-electron chi connectivity index (χ3n) is 3.68. The van der Waals surface area contributed by atoms with E-state index in [1.807, 2.05) is 17.5 Å². The lowest BCUT2D eigenvalue weighted by Gasteiger charge is -2.29. The Labute approximate surface area is 132 Å². The van der Waals surface area contributed by atoms with Gasteiger partial charge in [-0.05, 0) is 25.0 Å². The minimum Gasteiger partial charge on any atom is -0.465 e. The molecule has 0 saturated carbocycles. The van der Waals surface area contributed by atoms with E-state index in [0.29, 0.717) is 19.7 Å². The third-order valence-corrected chi connectivity index (χ3v) is 4.51. The summed E-state index contributed by atoms with van der Waals surface area (Å²) in [5, 5.41) is 11.9. The van der Waals surface area contributed by atoms with Crippen LogP contribution in [0, 0.1) is 0 Å². The van der Waals surface area contributed by atoms with E-state index < -0.39 is 6.09 Å². The first-order valence-corrected chi connectivity index (χ1v) is 8.04. The number of aromatic nitrogens is 2. The summed E-state index contributed by atoms with van der Waals surface area (Å²) in [5.74, 6) is 0. The van der Waals surface area contributed by atoms with Gasteiger partial charge in [0.15, 0.2) is 0 Å². The number of carbonyl (C=O) groups is 1. The predicted octanol–water partition coefficient (Wildman–Crippen LogP) is 2.86. The van der Waals surface area contributed by atoms with Gasteiger partial charge in [-0.1, -0.05) is 0 Å². The standard InChI is InChI=1S/C15H17N3O3S/c19-15(20)18-7-3-12(4-8-18)21-9-14-17-13(10-22-14)11-1-5-16-6-2-11/h1-2,5-6,10,12H,3-4,7-9H2,(H,19,20). The van der Waals surface area contributed by atoms with Gasteiger partial charge in [0.2, 0.25) is 0 Å². The SMILES string of the molecule is O=C(O)N1CCC(OCc2nc(-c3ccncc3)cs2)CC1. The number of piperidine rings is 1. The first-order chi connectivity index (χ1) is 10.7. The van der Waals surface area contributed by atoms with Gasteiger partial charge in [0.05, 0.1) is 18.4 Å². The number of hydrogen-bond donors (Lipinski definition) is 1. The molecule has 1 aliphatic heterocycles. The first-order valence-electron chi connectivity index (χ1n) is 7.16. The Balaban J connectivity index is 1.51. The van der Waals surface area contributed by atoms with Crippen molar-refractivity contribution in [3.63, 3.8) is 0 Å². The van der Waals surface area contributed by atoms with Crippen molar-refractivity contribution in [3.8, 4) is 11.3 Å². The molecule has 7 heteroatoms. The quantitative estimate of drug-likeness (QED) is 0.938. The molecule has 0 atom stereocenters. The number of nitrogens with zero attached hydrogens (tertiary/aromatic N) is 3. The van der Waals surface area contributed by atoms with Gasteiger partial charge in [-0.15, -0.1) is 11.3 Å². The number of rotatable bonds is 4. The number of ether oxygens (including phenoxy) is 1. The fraction of sp³-hybridized carbons (Fsp3) is 0.400. The van der Waals surface area contributed by atoms with Crippen LogP contribution in [0.15, 0.2) is 29.9 Å². The Morgan fingerprint density at radius 2 is 2.09 bits per heavy atom. The molecule has 116 valence electrons. The number of pyridine rings is 1. The summed E-state index contributed by atoms with van der Waals surface area (Å²) < 4.78 is 5.86. The van der Waals surface area contributed by atoms with Crippen molar-refractivity contribution in [2.24, 2.45) is 0 Å². The second kappa shape index (κ2) is 6.85. The van der Waals surface area contributed by atoms with E-state index in [-0.39, 0.29) is 6.10 Å². The highest BCUT2D eigenvalue weighted by molar-refractivity contribution is 7.09. The van der Waals surface area contributed by atoms with Crippen molar-refractivity contribution in [2.75, 3.05) is 13.1 Å². The van der Waals surface area contributed by atoms with Gasteiger partial charge in [0.1, 0.15) is 5.01 Å². The summed E-state index contributed by atoms with van der Waals surface area (Å²) in [6, 6.07) is 3.86. The van der Waals surface area contributed by atoms with Crippen molar-refractivity contribution in [3.05, 3.63) is 34.9 Å². The summed E-state index contributed by atoms with van der Waals surface area (Å²) in [4.78, 5) is 20.9. The molecule has 1 saturated heterocycles. The van der Waals surface area contributed by atoms with Crippen LogP contribution in [0.25, 0.3) is 11.3 Å². The summed E-state index contributed by atoms with van der Waals surface area (Å²) >= 11 is 1.58. The van der Waals surface area contributed by atoms with Crippen LogP contribution in [0.4, 0.5) is 4.79 Å². The maximum Gasteiger partial charge on any atom is 0.407 e. The Kier molecular flexibility index (Phi) is 4.65. The van der Waals surface area contributed by atoms with Crippen LogP contribution in [0.1, 0.15) is 17.8 Å². The zero-order valence-corrected chi connectivity index (χ0v) is 12.8. The highest BCUT2D eigenvalue weighted by Gasteiger charge is 2.22. The van der Waals surface area contributed by atoms with Gasteiger partial charge >= 0.3 is 6.09 Å². The van der Waals surface area contributed by atoms with Gasteiger partial charge in [-0.2, -0.15) is 0 Å². The Morgan fingerprint density at radius 1 is 1.36 bits per heavy atom. The molecule has 0 aromatic carbocycles. The molecule has 3 heterocycles. The van der Waals surface area contributed by atoms with Crippen LogP contribution in [-0.4, -0.2) is 45.3 Å². The van der Waals surface area contributed by atoms with Crippen LogP contribution in [0.5, 0.6) is 0 Å². The Bertz CT molecular complexity index is 624. The van der Waals surface area contributed by atoms with E-state index >= 15 is 0 Å². The van der Waals surface area contributed by atoms with Crippen LogP contribution < -0.4 is 0 Å². The topological polar surface area (TPSA) is 75.5 Å². The molecule has 22 heavy (non-hydrogen) atoms. The van der Waals surface area contributed by atoms with Crippen LogP contribution >= 0.6 is 11.3 Å². The fourth-order valence-electron chi connectivity index (χ4n) is 2.44. The van der Waals surface area contributed by atoms with E-state index in [1.165, 1.54) is 4.90 Å². The van der Waals surface area contributed by atoms with E-state index in [2.05, 4.69) is 9.97 Å². The van der Waals surface area contributed by atoms with Gasteiger partial charge in [-0.3, -0.25) is 4.98 Å². The number of thiazole rings is 1. The van der Waals surface area contributed by atoms with E-state index in [0.717, 1.165) is 29.1 Å². The van der Waals surface area contributed by atoms with Gasteiger partial charge in [0.25, 0.3) is 0 Å². The van der Waals surface area contributed by atoms with Gasteiger partial charge in [-0.25, -0.2) is 9.78 Å². The molecule has 2 aromatic rings. The average Bonchev–Trinajstić information content (AvgIpc) is 3.03. The lowest BCUT2D eigenvalue weighted by Crippen LogP contribution is -2.40. The number of amides is 1. The van der Waals surface area contributed by atoms with Crippen molar-refractivity contribution < 1.29 is 14.6 Å². The van der Waals surface area contributed by atoms with Gasteiger partial charge in [0, 0.05) is 36.4 Å². The largest absolute Gasteiger partial charge is 0.465 e. The molecule has 0 radical (unpaired) electrons. The van der Waals surface area contributed by atoms with Crippen molar-refractivity contribution >= 4 is 17.4 Å². The Morgan fingerprint density at radius 3 is 2.77 bits per heavy atom. The summed E-state index contributed by atoms with van der Waals surface area (Å²) in [6.07, 6.45) is 4.26. The minimum absolute atomic E-state index is 0.115. The van der Waals surface area contributed by atoms with Crippen molar-refractivity contribution in [1.82, 2.24) is 14.9 Å². The molecular formula is C15H17N3O3S.